The van der Waals surface area contributed by atoms with E-state index in [4.69, 9.17) is 14.4 Å². The van der Waals surface area contributed by atoms with Gasteiger partial charge in [-0.2, -0.15) is 10.3 Å². The van der Waals surface area contributed by atoms with E-state index in [0.717, 1.165) is 71.8 Å². The van der Waals surface area contributed by atoms with Gasteiger partial charge in [-0.1, -0.05) is 13.8 Å². The predicted molar refractivity (Wildman–Crippen MR) is 115 cm³/mol. The molecular formula is C22H25N7O. The SMILES string of the molecule is CCC(C)c1n[nH]nc1Nc1nc(-c2ccc3nc(C)oc3c2)nc2c1CCCC2. The minimum atomic E-state index is 0.306. The topological polar surface area (TPSA) is 105 Å². The highest BCUT2D eigenvalue weighted by molar-refractivity contribution is 5.79. The summed E-state index contributed by atoms with van der Waals surface area (Å²) in [5.41, 5.74) is 5.72. The molecule has 0 bridgehead atoms. The number of nitrogens with zero attached hydrogens (tertiary/aromatic N) is 5. The quantitative estimate of drug-likeness (QED) is 0.491. The lowest BCUT2D eigenvalue weighted by Crippen LogP contribution is -2.12. The lowest BCUT2D eigenvalue weighted by molar-refractivity contribution is 0.561. The van der Waals surface area contributed by atoms with Crippen LogP contribution in [0.2, 0.25) is 0 Å². The number of H-pyrrole nitrogens is 1. The van der Waals surface area contributed by atoms with Crippen LogP contribution < -0.4 is 5.32 Å². The first-order valence-corrected chi connectivity index (χ1v) is 10.6. The number of hydrogen-bond acceptors (Lipinski definition) is 7. The summed E-state index contributed by atoms with van der Waals surface area (Å²) in [5.74, 6) is 3.20. The lowest BCUT2D eigenvalue weighted by Gasteiger charge is -2.20. The molecule has 8 nitrogen and oxygen atoms in total. The average molecular weight is 403 g/mol. The largest absolute Gasteiger partial charge is 0.441 e. The van der Waals surface area contributed by atoms with Crippen LogP contribution in [0.3, 0.4) is 0 Å². The Balaban J connectivity index is 1.59. The van der Waals surface area contributed by atoms with Crippen molar-refractivity contribution in [2.75, 3.05) is 5.32 Å². The zero-order chi connectivity index (χ0) is 20.7. The number of fused-ring (bicyclic) bond motifs is 2. The monoisotopic (exact) mass is 403 g/mol. The normalized spacial score (nSPS) is 14.6. The van der Waals surface area contributed by atoms with Crippen LogP contribution in [-0.4, -0.2) is 30.4 Å². The molecule has 1 atom stereocenters. The highest BCUT2D eigenvalue weighted by atomic mass is 16.3. The fourth-order valence-corrected chi connectivity index (χ4v) is 3.99. The number of hydrogen-bond donors (Lipinski definition) is 2. The third-order valence-electron chi connectivity index (χ3n) is 5.83. The highest BCUT2D eigenvalue weighted by Crippen LogP contribution is 2.32. The molecule has 30 heavy (non-hydrogen) atoms. The van der Waals surface area contributed by atoms with Gasteiger partial charge in [-0.05, 0) is 50.3 Å². The molecule has 0 saturated heterocycles. The molecule has 8 heteroatoms. The molecule has 3 heterocycles. The maximum absolute atomic E-state index is 5.71. The number of nitrogens with one attached hydrogen (secondary N) is 2. The van der Waals surface area contributed by atoms with Gasteiger partial charge in [0.1, 0.15) is 17.0 Å². The van der Waals surface area contributed by atoms with Gasteiger partial charge in [-0.15, -0.1) is 5.10 Å². The number of aryl methyl sites for hydroxylation is 2. The van der Waals surface area contributed by atoms with Crippen molar-refractivity contribution in [1.82, 2.24) is 30.4 Å². The summed E-state index contributed by atoms with van der Waals surface area (Å²) in [6, 6.07) is 5.92. The Kier molecular flexibility index (Phi) is 4.69. The summed E-state index contributed by atoms with van der Waals surface area (Å²) in [6.07, 6.45) is 5.20. The Morgan fingerprint density at radius 2 is 1.97 bits per heavy atom. The molecule has 0 radical (unpaired) electrons. The minimum Gasteiger partial charge on any atom is -0.441 e. The average Bonchev–Trinajstić information content (AvgIpc) is 3.37. The van der Waals surface area contributed by atoms with E-state index in [1.807, 2.05) is 25.1 Å². The molecule has 1 aromatic carbocycles. The van der Waals surface area contributed by atoms with Crippen molar-refractivity contribution < 1.29 is 4.42 Å². The summed E-state index contributed by atoms with van der Waals surface area (Å²) in [5, 5.41) is 14.9. The molecule has 3 aromatic heterocycles. The minimum absolute atomic E-state index is 0.306. The van der Waals surface area contributed by atoms with Gasteiger partial charge >= 0.3 is 0 Å². The Hall–Kier alpha value is -3.29. The van der Waals surface area contributed by atoms with Crippen LogP contribution >= 0.6 is 0 Å². The molecule has 0 amide bonds. The van der Waals surface area contributed by atoms with Crippen molar-refractivity contribution in [1.29, 1.82) is 0 Å². The van der Waals surface area contributed by atoms with Crippen LogP contribution in [0.25, 0.3) is 22.5 Å². The van der Waals surface area contributed by atoms with Crippen LogP contribution in [0.4, 0.5) is 11.6 Å². The van der Waals surface area contributed by atoms with Gasteiger partial charge in [-0.3, -0.25) is 0 Å². The van der Waals surface area contributed by atoms with E-state index in [-0.39, 0.29) is 0 Å². The molecular weight excluding hydrogens is 378 g/mol. The Morgan fingerprint density at radius 1 is 1.10 bits per heavy atom. The van der Waals surface area contributed by atoms with E-state index in [9.17, 15) is 0 Å². The molecule has 1 aliphatic rings. The highest BCUT2D eigenvalue weighted by Gasteiger charge is 2.22. The molecule has 2 N–H and O–H groups in total. The van der Waals surface area contributed by atoms with Crippen molar-refractivity contribution in [2.45, 2.75) is 58.8 Å². The van der Waals surface area contributed by atoms with E-state index in [1.165, 1.54) is 5.56 Å². The van der Waals surface area contributed by atoms with E-state index in [2.05, 4.69) is 39.6 Å². The Bertz CT molecular complexity index is 1210. The molecule has 5 rings (SSSR count). The molecule has 154 valence electrons. The van der Waals surface area contributed by atoms with Gasteiger partial charge in [-0.25, -0.2) is 15.0 Å². The fourth-order valence-electron chi connectivity index (χ4n) is 3.99. The summed E-state index contributed by atoms with van der Waals surface area (Å²) < 4.78 is 5.71. The van der Waals surface area contributed by atoms with Crippen LogP contribution in [0.5, 0.6) is 0 Å². The Morgan fingerprint density at radius 3 is 2.83 bits per heavy atom. The van der Waals surface area contributed by atoms with Crippen molar-refractivity contribution in [2.24, 2.45) is 0 Å². The van der Waals surface area contributed by atoms with E-state index in [0.29, 0.717) is 17.6 Å². The van der Waals surface area contributed by atoms with Gasteiger partial charge in [0.15, 0.2) is 23.1 Å². The van der Waals surface area contributed by atoms with Crippen LogP contribution in [0, 0.1) is 6.92 Å². The second-order valence-corrected chi connectivity index (χ2v) is 7.94. The molecule has 1 aliphatic carbocycles. The maximum atomic E-state index is 5.71. The number of aromatic nitrogens is 6. The Labute approximate surface area is 174 Å². The smallest absolute Gasteiger partial charge is 0.192 e. The van der Waals surface area contributed by atoms with Crippen molar-refractivity contribution in [3.8, 4) is 11.4 Å². The summed E-state index contributed by atoms with van der Waals surface area (Å²) in [7, 11) is 0. The van der Waals surface area contributed by atoms with E-state index < -0.39 is 0 Å². The van der Waals surface area contributed by atoms with Gasteiger partial charge in [0.2, 0.25) is 0 Å². The molecule has 0 fully saturated rings. The first kappa shape index (κ1) is 18.7. The van der Waals surface area contributed by atoms with Crippen LogP contribution in [0.1, 0.15) is 61.9 Å². The second-order valence-electron chi connectivity index (χ2n) is 7.94. The maximum Gasteiger partial charge on any atom is 0.192 e. The standard InChI is InChI=1S/C22H25N7O/c1-4-12(2)19-22(28-29-27-19)26-21-15-7-5-6-8-16(15)24-20(25-21)14-9-10-17-18(11-14)30-13(3)23-17/h9-12H,4-8H2,1-3H3,(H2,24,25,26,27,28,29). The molecule has 0 spiro atoms. The lowest BCUT2D eigenvalue weighted by atomic mass is 9.96. The number of oxazole rings is 1. The zero-order valence-electron chi connectivity index (χ0n) is 17.5. The van der Waals surface area contributed by atoms with Crippen molar-refractivity contribution in [3.63, 3.8) is 0 Å². The summed E-state index contributed by atoms with van der Waals surface area (Å²) in [6.45, 7) is 6.15. The molecule has 4 aromatic rings. The van der Waals surface area contributed by atoms with Gasteiger partial charge in [0, 0.05) is 29.7 Å². The second kappa shape index (κ2) is 7.51. The van der Waals surface area contributed by atoms with E-state index in [1.54, 1.807) is 0 Å². The fraction of sp³-hybridized carbons (Fsp3) is 0.409. The van der Waals surface area contributed by atoms with Crippen LogP contribution in [0.15, 0.2) is 22.6 Å². The van der Waals surface area contributed by atoms with Crippen molar-refractivity contribution in [3.05, 3.63) is 41.0 Å². The predicted octanol–water partition coefficient (Wildman–Crippen LogP) is 4.85. The molecule has 0 aliphatic heterocycles. The van der Waals surface area contributed by atoms with Gasteiger partial charge in [0.05, 0.1) is 0 Å². The third kappa shape index (κ3) is 3.32. The van der Waals surface area contributed by atoms with E-state index >= 15 is 0 Å². The molecule has 1 unspecified atom stereocenters. The summed E-state index contributed by atoms with van der Waals surface area (Å²) in [4.78, 5) is 14.2. The number of aromatic amines is 1. The number of anilines is 2. The summed E-state index contributed by atoms with van der Waals surface area (Å²) >= 11 is 0. The zero-order valence-corrected chi connectivity index (χ0v) is 17.5. The molecule has 0 saturated carbocycles. The first-order chi connectivity index (χ1) is 14.6. The van der Waals surface area contributed by atoms with Crippen LogP contribution in [-0.2, 0) is 12.8 Å². The first-order valence-electron chi connectivity index (χ1n) is 10.6. The number of benzene rings is 1. The third-order valence-corrected chi connectivity index (χ3v) is 5.83. The van der Waals surface area contributed by atoms with Crippen molar-refractivity contribution >= 4 is 22.7 Å². The van der Waals surface area contributed by atoms with Gasteiger partial charge in [0.25, 0.3) is 0 Å². The number of rotatable bonds is 5. The van der Waals surface area contributed by atoms with Gasteiger partial charge < -0.3 is 9.73 Å².